The second-order valence-electron chi connectivity index (χ2n) is 10.6. The van der Waals surface area contributed by atoms with Gasteiger partial charge in [0.15, 0.2) is 6.29 Å². The third-order valence-electron chi connectivity index (χ3n) is 7.26. The highest BCUT2D eigenvalue weighted by atomic mass is 32.2. The predicted molar refractivity (Wildman–Crippen MR) is 159 cm³/mol. The van der Waals surface area contributed by atoms with Gasteiger partial charge in [0.05, 0.1) is 18.1 Å². The maximum Gasteiger partial charge on any atom is 0.243 e. The van der Waals surface area contributed by atoms with Crippen molar-refractivity contribution in [3.63, 3.8) is 0 Å². The Morgan fingerprint density at radius 3 is 2.61 bits per heavy atom. The van der Waals surface area contributed by atoms with Gasteiger partial charge in [0.2, 0.25) is 15.9 Å². The minimum absolute atomic E-state index is 0.142. The quantitative estimate of drug-likeness (QED) is 0.318. The average Bonchev–Trinajstić information content (AvgIpc) is 2.99. The monoisotopic (exact) mass is 605 g/mol. The lowest BCUT2D eigenvalue weighted by atomic mass is 10.1. The summed E-state index contributed by atoms with van der Waals surface area (Å²) in [4.78, 5) is 22.5. The van der Waals surface area contributed by atoms with Gasteiger partial charge in [-0.3, -0.25) is 9.69 Å². The van der Waals surface area contributed by atoms with Gasteiger partial charge in [0, 0.05) is 62.0 Å². The molecule has 4 rings (SSSR count). The molecular weight excluding hydrogens is 562 g/mol. The number of carbonyl (C=O) groups is 1. The Labute approximate surface area is 248 Å². The van der Waals surface area contributed by atoms with E-state index in [9.17, 15) is 13.2 Å². The molecule has 2 unspecified atom stereocenters. The van der Waals surface area contributed by atoms with Crippen molar-refractivity contribution in [2.75, 3.05) is 52.5 Å². The maximum atomic E-state index is 13.8. The van der Waals surface area contributed by atoms with Crippen LogP contribution in [0.25, 0.3) is 0 Å². The standard InChI is InChI=1S/C30H43N3O6S2/c1-3-25-7-6-8-27(22-25)40-26-10-12-28(13-11-26)41(35,36)33(15-14-32-16-19-37-20-17-32)23-24(2)21-29(34)31-39-30-9-4-5-18-38-30/h6-8,10-13,22,24,30H,3-5,9,14-21,23H2,1-2H3,(H,31,34). The van der Waals surface area contributed by atoms with Crippen LogP contribution in [-0.4, -0.2) is 82.4 Å². The van der Waals surface area contributed by atoms with Crippen LogP contribution in [0.5, 0.6) is 0 Å². The molecular formula is C30H43N3O6S2. The van der Waals surface area contributed by atoms with Gasteiger partial charge in [0.1, 0.15) is 0 Å². The summed E-state index contributed by atoms with van der Waals surface area (Å²) in [6.07, 6.45) is 3.42. The molecule has 9 nitrogen and oxygen atoms in total. The lowest BCUT2D eigenvalue weighted by Crippen LogP contribution is -2.44. The first-order valence-electron chi connectivity index (χ1n) is 14.6. The Morgan fingerprint density at radius 1 is 1.12 bits per heavy atom. The Bertz CT molecular complexity index is 1200. The Hall–Kier alpha value is -1.99. The summed E-state index contributed by atoms with van der Waals surface area (Å²) >= 11 is 1.61. The molecule has 2 aliphatic rings. The van der Waals surface area contributed by atoms with Gasteiger partial charge in [-0.2, -0.15) is 4.31 Å². The summed E-state index contributed by atoms with van der Waals surface area (Å²) in [5.41, 5.74) is 3.75. The lowest BCUT2D eigenvalue weighted by molar-refractivity contribution is -0.200. The molecule has 2 heterocycles. The fourth-order valence-electron chi connectivity index (χ4n) is 4.89. The SMILES string of the molecule is CCc1cccc(Sc2ccc(S(=O)(=O)N(CCN3CCOCC3)CC(C)CC(=O)NOC3CCCCO3)cc2)c1. The number of morpholine rings is 1. The third-order valence-corrected chi connectivity index (χ3v) is 10.1. The molecule has 2 saturated heterocycles. The zero-order valence-corrected chi connectivity index (χ0v) is 25.8. The number of hydrogen-bond acceptors (Lipinski definition) is 8. The number of ether oxygens (including phenoxy) is 2. The van der Waals surface area contributed by atoms with Crippen LogP contribution >= 0.6 is 11.8 Å². The molecule has 2 atom stereocenters. The van der Waals surface area contributed by atoms with Gasteiger partial charge in [-0.25, -0.2) is 18.7 Å². The van der Waals surface area contributed by atoms with Crippen LogP contribution < -0.4 is 5.48 Å². The van der Waals surface area contributed by atoms with E-state index >= 15 is 0 Å². The zero-order chi connectivity index (χ0) is 29.1. The van der Waals surface area contributed by atoms with Crippen molar-refractivity contribution in [2.45, 2.75) is 66.9 Å². The first-order valence-corrected chi connectivity index (χ1v) is 16.8. The first-order chi connectivity index (χ1) is 19.8. The second-order valence-corrected chi connectivity index (χ2v) is 13.7. The van der Waals surface area contributed by atoms with Crippen molar-refractivity contribution in [3.8, 4) is 0 Å². The number of hydrogen-bond donors (Lipinski definition) is 1. The second kappa shape index (κ2) is 16.0. The topological polar surface area (TPSA) is 97.4 Å². The highest BCUT2D eigenvalue weighted by Crippen LogP contribution is 2.30. The number of sulfonamides is 1. The van der Waals surface area contributed by atoms with Crippen LogP contribution in [0.4, 0.5) is 0 Å². The van der Waals surface area contributed by atoms with E-state index in [1.165, 1.54) is 9.87 Å². The summed E-state index contributed by atoms with van der Waals surface area (Å²) in [5.74, 6) is -0.503. The molecule has 11 heteroatoms. The summed E-state index contributed by atoms with van der Waals surface area (Å²) in [6, 6.07) is 15.4. The van der Waals surface area contributed by atoms with Crippen molar-refractivity contribution in [2.24, 2.45) is 5.92 Å². The number of aryl methyl sites for hydroxylation is 1. The number of carbonyl (C=O) groups excluding carboxylic acids is 1. The Kier molecular flexibility index (Phi) is 12.5. The molecule has 2 aromatic rings. The number of nitrogens with one attached hydrogen (secondary N) is 1. The van der Waals surface area contributed by atoms with Crippen molar-refractivity contribution in [1.29, 1.82) is 0 Å². The van der Waals surface area contributed by atoms with Crippen molar-refractivity contribution >= 4 is 27.7 Å². The molecule has 0 aromatic heterocycles. The highest BCUT2D eigenvalue weighted by molar-refractivity contribution is 7.99. The Morgan fingerprint density at radius 2 is 1.90 bits per heavy atom. The molecule has 226 valence electrons. The van der Waals surface area contributed by atoms with Crippen LogP contribution in [-0.2, 0) is 35.5 Å². The number of benzene rings is 2. The summed E-state index contributed by atoms with van der Waals surface area (Å²) in [6.45, 7) is 8.64. The van der Waals surface area contributed by atoms with Crippen LogP contribution in [0.1, 0.15) is 45.1 Å². The number of nitrogens with zero attached hydrogens (tertiary/aromatic N) is 2. The van der Waals surface area contributed by atoms with Gasteiger partial charge in [-0.15, -0.1) is 0 Å². The number of rotatable bonds is 14. The van der Waals surface area contributed by atoms with Gasteiger partial charge in [0.25, 0.3) is 0 Å². The Balaban J connectivity index is 1.40. The molecule has 2 aliphatic heterocycles. The summed E-state index contributed by atoms with van der Waals surface area (Å²) in [7, 11) is -3.78. The minimum Gasteiger partial charge on any atom is -0.379 e. The van der Waals surface area contributed by atoms with E-state index in [1.54, 1.807) is 23.9 Å². The molecule has 1 amide bonds. The molecule has 2 aromatic carbocycles. The fourth-order valence-corrected chi connectivity index (χ4v) is 7.34. The molecule has 0 saturated carbocycles. The van der Waals surface area contributed by atoms with Crippen LogP contribution in [0.3, 0.4) is 0 Å². The van der Waals surface area contributed by atoms with Gasteiger partial charge in [-0.1, -0.05) is 37.7 Å². The molecule has 2 fully saturated rings. The van der Waals surface area contributed by atoms with Crippen LogP contribution in [0.15, 0.2) is 63.2 Å². The van der Waals surface area contributed by atoms with Crippen molar-refractivity contribution in [3.05, 3.63) is 54.1 Å². The highest BCUT2D eigenvalue weighted by Gasteiger charge is 2.28. The molecule has 0 spiro atoms. The van der Waals surface area contributed by atoms with E-state index in [2.05, 4.69) is 35.5 Å². The lowest BCUT2D eigenvalue weighted by Gasteiger charge is -2.31. The van der Waals surface area contributed by atoms with Crippen LogP contribution in [0, 0.1) is 5.92 Å². The van der Waals surface area contributed by atoms with Gasteiger partial charge in [-0.05, 0) is 67.1 Å². The summed E-state index contributed by atoms with van der Waals surface area (Å²) < 4.78 is 40.1. The molecule has 0 bridgehead atoms. The van der Waals surface area contributed by atoms with Crippen molar-refractivity contribution in [1.82, 2.24) is 14.7 Å². The largest absolute Gasteiger partial charge is 0.379 e. The molecule has 41 heavy (non-hydrogen) atoms. The van der Waals surface area contributed by atoms with Gasteiger partial charge < -0.3 is 9.47 Å². The van der Waals surface area contributed by atoms with E-state index < -0.39 is 16.3 Å². The van der Waals surface area contributed by atoms with E-state index in [4.69, 9.17) is 14.3 Å². The predicted octanol–water partition coefficient (Wildman–Crippen LogP) is 4.32. The van der Waals surface area contributed by atoms with Crippen molar-refractivity contribution < 1.29 is 27.5 Å². The normalized spacial score (nSPS) is 19.2. The summed E-state index contributed by atoms with van der Waals surface area (Å²) in [5, 5.41) is 0. The number of amides is 1. The first kappa shape index (κ1) is 31.9. The van der Waals surface area contributed by atoms with E-state index in [1.807, 2.05) is 25.1 Å². The average molecular weight is 606 g/mol. The fraction of sp³-hybridized carbons (Fsp3) is 0.567. The molecule has 1 N–H and O–H groups in total. The zero-order valence-electron chi connectivity index (χ0n) is 24.1. The van der Waals surface area contributed by atoms with Gasteiger partial charge >= 0.3 is 0 Å². The number of hydroxylamine groups is 1. The van der Waals surface area contributed by atoms with E-state index in [0.29, 0.717) is 32.9 Å². The third kappa shape index (κ3) is 10.1. The minimum atomic E-state index is -3.78. The van der Waals surface area contributed by atoms with Crippen LogP contribution in [0.2, 0.25) is 0 Å². The smallest absolute Gasteiger partial charge is 0.243 e. The van der Waals surface area contributed by atoms with E-state index in [-0.39, 0.29) is 29.7 Å². The molecule has 0 aliphatic carbocycles. The van der Waals surface area contributed by atoms with E-state index in [0.717, 1.165) is 48.6 Å². The molecule has 0 radical (unpaired) electrons. The maximum absolute atomic E-state index is 13.8.